The molecule has 0 bridgehead atoms. The van der Waals surface area contributed by atoms with Crippen molar-refractivity contribution in [2.45, 2.75) is 0 Å². The van der Waals surface area contributed by atoms with Gasteiger partial charge in [0.05, 0.1) is 0 Å². The maximum atomic E-state index is 5.27. The number of hydrogen-bond donors (Lipinski definition) is 2. The Kier molecular flexibility index (Phi) is 7.21. The summed E-state index contributed by atoms with van der Waals surface area (Å²) in [5.74, 6) is 0. The summed E-state index contributed by atoms with van der Waals surface area (Å²) in [7, 11) is 1.95. The highest BCUT2D eigenvalue weighted by Crippen LogP contribution is 1.80. The van der Waals surface area contributed by atoms with Gasteiger partial charge in [0.2, 0.25) is 0 Å². The SMILES string of the molecule is CO[SiH](CNCCN)OC. The van der Waals surface area contributed by atoms with Crippen LogP contribution in [0.15, 0.2) is 0 Å². The zero-order valence-electron chi connectivity index (χ0n) is 6.59. The van der Waals surface area contributed by atoms with E-state index in [2.05, 4.69) is 5.32 Å². The van der Waals surface area contributed by atoms with Crippen molar-refractivity contribution < 1.29 is 8.85 Å². The Morgan fingerprint density at radius 2 is 2.00 bits per heavy atom. The van der Waals surface area contributed by atoms with Crippen LogP contribution in [0.2, 0.25) is 0 Å². The van der Waals surface area contributed by atoms with Crippen LogP contribution in [-0.4, -0.2) is 42.8 Å². The number of rotatable bonds is 6. The van der Waals surface area contributed by atoms with E-state index in [0.717, 1.165) is 12.7 Å². The van der Waals surface area contributed by atoms with Crippen molar-refractivity contribution in [1.82, 2.24) is 5.32 Å². The molecule has 0 aromatic carbocycles. The zero-order chi connectivity index (χ0) is 7.82. The second kappa shape index (κ2) is 7.17. The van der Waals surface area contributed by atoms with Crippen LogP contribution in [0.1, 0.15) is 0 Å². The average Bonchev–Trinajstić information content (AvgIpc) is 1.99. The minimum absolute atomic E-state index is 0.661. The fourth-order valence-electron chi connectivity index (χ4n) is 0.585. The number of nitrogens with one attached hydrogen (secondary N) is 1. The molecule has 0 saturated carbocycles. The molecule has 3 N–H and O–H groups in total. The molecule has 4 nitrogen and oxygen atoms in total. The maximum Gasteiger partial charge on any atom is 0.335 e. The monoisotopic (exact) mass is 164 g/mol. The van der Waals surface area contributed by atoms with Gasteiger partial charge in [-0.3, -0.25) is 0 Å². The molecule has 0 aliphatic heterocycles. The Bertz CT molecular complexity index is 70.7. The summed E-state index contributed by atoms with van der Waals surface area (Å²) in [5.41, 5.74) is 5.27. The third-order valence-electron chi connectivity index (χ3n) is 1.16. The van der Waals surface area contributed by atoms with Gasteiger partial charge in [-0.2, -0.15) is 0 Å². The van der Waals surface area contributed by atoms with Gasteiger partial charge in [-0.1, -0.05) is 0 Å². The van der Waals surface area contributed by atoms with E-state index >= 15 is 0 Å². The van der Waals surface area contributed by atoms with Gasteiger partial charge in [-0.25, -0.2) is 0 Å². The van der Waals surface area contributed by atoms with Gasteiger partial charge in [0.15, 0.2) is 0 Å². The molecule has 0 heterocycles. The molecule has 0 aromatic rings. The van der Waals surface area contributed by atoms with Gasteiger partial charge < -0.3 is 19.9 Å². The molecule has 0 aliphatic carbocycles. The molecule has 0 rings (SSSR count). The minimum Gasteiger partial charge on any atom is -0.399 e. The molecule has 0 unspecified atom stereocenters. The first-order chi connectivity index (χ1) is 4.85. The van der Waals surface area contributed by atoms with Crippen molar-refractivity contribution in [2.24, 2.45) is 5.73 Å². The molecule has 0 aliphatic rings. The highest BCUT2D eigenvalue weighted by molar-refractivity contribution is 6.44. The van der Waals surface area contributed by atoms with Crippen LogP contribution >= 0.6 is 0 Å². The summed E-state index contributed by atoms with van der Waals surface area (Å²) in [5, 5.41) is 3.12. The first-order valence-corrected chi connectivity index (χ1v) is 5.07. The molecule has 0 spiro atoms. The van der Waals surface area contributed by atoms with Crippen LogP contribution in [0.25, 0.3) is 0 Å². The van der Waals surface area contributed by atoms with Crippen LogP contribution in [0.4, 0.5) is 0 Å². The molecular weight excluding hydrogens is 148 g/mol. The Labute approximate surface area is 63.5 Å². The Morgan fingerprint density at radius 1 is 1.40 bits per heavy atom. The lowest BCUT2D eigenvalue weighted by atomic mass is 10.7. The van der Waals surface area contributed by atoms with E-state index < -0.39 is 9.28 Å². The summed E-state index contributed by atoms with van der Waals surface area (Å²) in [6.45, 7) is 1.49. The summed E-state index contributed by atoms with van der Waals surface area (Å²) >= 11 is 0. The number of hydrogen-bond acceptors (Lipinski definition) is 4. The zero-order valence-corrected chi connectivity index (χ0v) is 7.75. The molecule has 0 fully saturated rings. The van der Waals surface area contributed by atoms with Gasteiger partial charge in [-0.05, 0) is 0 Å². The molecular formula is C5H16N2O2Si. The summed E-state index contributed by atoms with van der Waals surface area (Å²) in [4.78, 5) is 0. The van der Waals surface area contributed by atoms with E-state index in [1.165, 1.54) is 0 Å². The molecule has 0 saturated heterocycles. The second-order valence-electron chi connectivity index (χ2n) is 1.89. The lowest BCUT2D eigenvalue weighted by Gasteiger charge is -2.10. The minimum atomic E-state index is -1.39. The quantitative estimate of drug-likeness (QED) is 0.374. The van der Waals surface area contributed by atoms with Crippen LogP contribution in [-0.2, 0) is 8.85 Å². The van der Waals surface area contributed by atoms with Crippen LogP contribution in [0.5, 0.6) is 0 Å². The molecule has 5 heteroatoms. The third kappa shape index (κ3) is 4.89. The average molecular weight is 164 g/mol. The lowest BCUT2D eigenvalue weighted by Crippen LogP contribution is -2.36. The van der Waals surface area contributed by atoms with E-state index in [9.17, 15) is 0 Å². The fraction of sp³-hybridized carbons (Fsp3) is 1.00. The highest BCUT2D eigenvalue weighted by Gasteiger charge is 2.06. The van der Waals surface area contributed by atoms with Crippen LogP contribution < -0.4 is 11.1 Å². The molecule has 0 atom stereocenters. The number of nitrogens with two attached hydrogens (primary N) is 1. The summed E-state index contributed by atoms with van der Waals surface area (Å²) in [6.07, 6.45) is 0.824. The van der Waals surface area contributed by atoms with E-state index in [1.807, 2.05) is 0 Å². The van der Waals surface area contributed by atoms with Crippen LogP contribution in [0.3, 0.4) is 0 Å². The van der Waals surface area contributed by atoms with Gasteiger partial charge in [-0.15, -0.1) is 0 Å². The van der Waals surface area contributed by atoms with Gasteiger partial charge >= 0.3 is 9.28 Å². The van der Waals surface area contributed by atoms with Gasteiger partial charge in [0.25, 0.3) is 0 Å². The smallest absolute Gasteiger partial charge is 0.335 e. The fourth-order valence-corrected chi connectivity index (χ4v) is 1.55. The predicted molar refractivity (Wildman–Crippen MR) is 43.1 cm³/mol. The summed E-state index contributed by atoms with van der Waals surface area (Å²) < 4.78 is 10.1. The second-order valence-corrected chi connectivity index (χ2v) is 4.10. The Balaban J connectivity index is 3.09. The van der Waals surface area contributed by atoms with Crippen molar-refractivity contribution in [2.75, 3.05) is 33.5 Å². The largest absolute Gasteiger partial charge is 0.399 e. The third-order valence-corrected chi connectivity index (χ3v) is 2.83. The molecule has 0 aromatic heterocycles. The normalized spacial score (nSPS) is 10.8. The molecule has 62 valence electrons. The first kappa shape index (κ1) is 10.1. The van der Waals surface area contributed by atoms with Crippen LogP contribution in [0, 0.1) is 0 Å². The topological polar surface area (TPSA) is 56.5 Å². The molecule has 0 radical (unpaired) electrons. The summed E-state index contributed by atoms with van der Waals surface area (Å²) in [6, 6.07) is 0. The maximum absolute atomic E-state index is 5.27. The molecule has 0 amide bonds. The first-order valence-electron chi connectivity index (χ1n) is 3.31. The lowest BCUT2D eigenvalue weighted by molar-refractivity contribution is 0.275. The van der Waals surface area contributed by atoms with E-state index in [4.69, 9.17) is 14.6 Å². The Hall–Kier alpha value is 0.0569. The molecule has 10 heavy (non-hydrogen) atoms. The van der Waals surface area contributed by atoms with Gasteiger partial charge in [0.1, 0.15) is 0 Å². The van der Waals surface area contributed by atoms with Crippen molar-refractivity contribution in [3.63, 3.8) is 0 Å². The van der Waals surface area contributed by atoms with E-state index in [1.54, 1.807) is 14.2 Å². The Morgan fingerprint density at radius 3 is 2.40 bits per heavy atom. The van der Waals surface area contributed by atoms with E-state index in [-0.39, 0.29) is 0 Å². The highest BCUT2D eigenvalue weighted by atomic mass is 28.3. The van der Waals surface area contributed by atoms with Crippen molar-refractivity contribution >= 4 is 9.28 Å². The standard InChI is InChI=1S/C5H16N2O2Si/c1-8-10(9-2)5-7-4-3-6/h7,10H,3-6H2,1-2H3. The van der Waals surface area contributed by atoms with E-state index in [0.29, 0.717) is 6.54 Å². The van der Waals surface area contributed by atoms with Gasteiger partial charge in [0, 0.05) is 33.5 Å². The van der Waals surface area contributed by atoms with Crippen molar-refractivity contribution in [1.29, 1.82) is 0 Å². The van der Waals surface area contributed by atoms with Crippen molar-refractivity contribution in [3.8, 4) is 0 Å². The predicted octanol–water partition coefficient (Wildman–Crippen LogP) is -1.41. The van der Waals surface area contributed by atoms with Crippen molar-refractivity contribution in [3.05, 3.63) is 0 Å².